The molecular weight excluding hydrogens is 547 g/mol. The van der Waals surface area contributed by atoms with Crippen LogP contribution in [0.4, 0.5) is 0 Å². The summed E-state index contributed by atoms with van der Waals surface area (Å²) >= 11 is 13.7. The number of rotatable bonds is 5. The topological polar surface area (TPSA) is 120 Å². The minimum absolute atomic E-state index is 0.0426. The summed E-state index contributed by atoms with van der Waals surface area (Å²) in [4.78, 5) is 50.3. The molecule has 1 heterocycles. The van der Waals surface area contributed by atoms with Gasteiger partial charge in [-0.05, 0) is 49.3 Å². The van der Waals surface area contributed by atoms with Gasteiger partial charge in [-0.2, -0.15) is 0 Å². The molecule has 0 aliphatic heterocycles. The molecular formula is C29H34Cl2O8. The Morgan fingerprint density at radius 1 is 1.18 bits per heavy atom. The highest BCUT2D eigenvalue weighted by molar-refractivity contribution is 6.29. The maximum absolute atomic E-state index is 13.7. The van der Waals surface area contributed by atoms with E-state index in [4.69, 9.17) is 37.1 Å². The number of aliphatic hydroxyl groups excluding tert-OH is 1. The smallest absolute Gasteiger partial charge is 0.375 e. The van der Waals surface area contributed by atoms with Crippen molar-refractivity contribution in [3.63, 3.8) is 0 Å². The second-order valence-electron chi connectivity index (χ2n) is 12.2. The van der Waals surface area contributed by atoms with E-state index in [1.54, 1.807) is 12.1 Å². The van der Waals surface area contributed by atoms with Crippen molar-refractivity contribution in [2.24, 2.45) is 34.5 Å². The van der Waals surface area contributed by atoms with Crippen molar-refractivity contribution in [1.29, 1.82) is 0 Å². The summed E-state index contributed by atoms with van der Waals surface area (Å²) in [5.41, 5.74) is -3.57. The average molecular weight is 581 g/mol. The highest BCUT2D eigenvalue weighted by Gasteiger charge is 2.77. The van der Waals surface area contributed by atoms with E-state index in [9.17, 15) is 24.3 Å². The maximum atomic E-state index is 13.7. The van der Waals surface area contributed by atoms with Gasteiger partial charge < -0.3 is 19.0 Å². The van der Waals surface area contributed by atoms with Gasteiger partial charge in [-0.15, -0.1) is 23.2 Å². The lowest BCUT2D eigenvalue weighted by Crippen LogP contribution is -2.72. The van der Waals surface area contributed by atoms with Crippen molar-refractivity contribution in [3.8, 4) is 0 Å². The molecule has 4 aliphatic carbocycles. The number of hydrogen-bond donors (Lipinski definition) is 1. The van der Waals surface area contributed by atoms with Crippen LogP contribution in [-0.2, 0) is 23.9 Å². The van der Waals surface area contributed by atoms with E-state index in [1.807, 2.05) is 20.8 Å². The maximum Gasteiger partial charge on any atom is 0.375 e. The molecule has 0 radical (unpaired) electrons. The molecule has 2 unspecified atom stereocenters. The number of fused-ring (bicyclic) bond motifs is 5. The number of furan rings is 1. The monoisotopic (exact) mass is 580 g/mol. The predicted octanol–water partition coefficient (Wildman–Crippen LogP) is 4.49. The van der Waals surface area contributed by atoms with Gasteiger partial charge in [0.1, 0.15) is 6.10 Å². The lowest BCUT2D eigenvalue weighted by molar-refractivity contribution is -0.200. The number of ether oxygens (including phenoxy) is 2. The second kappa shape index (κ2) is 9.45. The summed E-state index contributed by atoms with van der Waals surface area (Å²) in [6.07, 6.45) is 3.83. The molecule has 212 valence electrons. The van der Waals surface area contributed by atoms with E-state index in [0.717, 1.165) is 0 Å². The Morgan fingerprint density at radius 3 is 2.51 bits per heavy atom. The number of aliphatic hydroxyl groups is 1. The second-order valence-corrected chi connectivity index (χ2v) is 13.1. The molecule has 4 aliphatic rings. The Labute approximate surface area is 237 Å². The predicted molar refractivity (Wildman–Crippen MR) is 141 cm³/mol. The Hall–Kier alpha value is -2.16. The quantitative estimate of drug-likeness (QED) is 0.399. The number of carbonyl (C=O) groups excluding carboxylic acids is 4. The molecule has 0 bridgehead atoms. The molecule has 0 saturated heterocycles. The van der Waals surface area contributed by atoms with Crippen LogP contribution in [-0.4, -0.2) is 57.2 Å². The van der Waals surface area contributed by atoms with Crippen molar-refractivity contribution in [3.05, 3.63) is 36.3 Å². The largest absolute Gasteiger partial charge is 0.462 e. The van der Waals surface area contributed by atoms with Gasteiger partial charge in [0, 0.05) is 36.0 Å². The van der Waals surface area contributed by atoms with Crippen LogP contribution in [0.5, 0.6) is 0 Å². The van der Waals surface area contributed by atoms with E-state index in [0.29, 0.717) is 12.8 Å². The van der Waals surface area contributed by atoms with Crippen molar-refractivity contribution in [1.82, 2.24) is 0 Å². The zero-order chi connectivity index (χ0) is 28.5. The summed E-state index contributed by atoms with van der Waals surface area (Å²) < 4.78 is 17.2. The molecule has 1 aromatic heterocycles. The van der Waals surface area contributed by atoms with Crippen LogP contribution in [0.2, 0.25) is 0 Å². The minimum Gasteiger partial charge on any atom is -0.462 e. The molecule has 0 aromatic carbocycles. The van der Waals surface area contributed by atoms with Gasteiger partial charge in [-0.1, -0.05) is 26.8 Å². The van der Waals surface area contributed by atoms with Gasteiger partial charge in [-0.3, -0.25) is 14.4 Å². The van der Waals surface area contributed by atoms with Gasteiger partial charge in [0.2, 0.25) is 5.76 Å². The Kier molecular flexibility index (Phi) is 6.88. The number of hydrogen-bond acceptors (Lipinski definition) is 8. The zero-order valence-electron chi connectivity index (χ0n) is 22.4. The van der Waals surface area contributed by atoms with Gasteiger partial charge >= 0.3 is 11.9 Å². The van der Waals surface area contributed by atoms with Gasteiger partial charge in [0.05, 0.1) is 23.1 Å². The molecule has 10 atom stereocenters. The highest BCUT2D eigenvalue weighted by atomic mass is 35.5. The number of carbonyl (C=O) groups is 4. The van der Waals surface area contributed by atoms with E-state index >= 15 is 0 Å². The molecule has 0 spiro atoms. The van der Waals surface area contributed by atoms with Crippen LogP contribution in [0.15, 0.2) is 35.0 Å². The van der Waals surface area contributed by atoms with Crippen LogP contribution in [0, 0.1) is 34.5 Å². The van der Waals surface area contributed by atoms with Crippen LogP contribution >= 0.6 is 23.2 Å². The van der Waals surface area contributed by atoms with Crippen molar-refractivity contribution >= 4 is 46.7 Å². The molecule has 1 N–H and O–H groups in total. The van der Waals surface area contributed by atoms with E-state index in [2.05, 4.69) is 0 Å². The number of Topliss-reactive ketones (excluding diaryl/α,β-unsaturated/α-hetero) is 1. The Bertz CT molecular complexity index is 1230. The molecule has 8 nitrogen and oxygen atoms in total. The summed E-state index contributed by atoms with van der Waals surface area (Å²) in [7, 11) is 0. The van der Waals surface area contributed by atoms with E-state index in [1.165, 1.54) is 25.3 Å². The lowest BCUT2D eigenvalue weighted by atomic mass is 9.43. The van der Waals surface area contributed by atoms with E-state index < -0.39 is 69.0 Å². The van der Waals surface area contributed by atoms with Crippen LogP contribution in [0.25, 0.3) is 0 Å². The molecule has 3 fully saturated rings. The first kappa shape index (κ1) is 28.4. The average Bonchev–Trinajstić information content (AvgIpc) is 3.48. The molecule has 10 heteroatoms. The molecule has 3 saturated carbocycles. The number of halogens is 2. The van der Waals surface area contributed by atoms with Crippen LogP contribution in [0.1, 0.15) is 63.9 Å². The number of alkyl halides is 2. The lowest BCUT2D eigenvalue weighted by Gasteiger charge is -2.66. The fourth-order valence-electron chi connectivity index (χ4n) is 8.87. The first-order valence-electron chi connectivity index (χ1n) is 13.4. The SMILES string of the molecule is CC(=O)OC1C[C@H]2[C@@H]3C[C@@H](C)[C@@](OC(=O)c4ccco4)(C(=O)CCl)[C@@]3(C)C[C@H](O)[C@]2(Cl)[C@@]2(C)C=CC(=O)CC12. The minimum atomic E-state index is -1.64. The molecule has 0 amide bonds. The van der Waals surface area contributed by atoms with Crippen molar-refractivity contribution in [2.75, 3.05) is 5.88 Å². The highest BCUT2D eigenvalue weighted by Crippen LogP contribution is 2.72. The zero-order valence-corrected chi connectivity index (χ0v) is 24.0. The summed E-state index contributed by atoms with van der Waals surface area (Å²) in [6, 6.07) is 3.01. The number of esters is 2. The Morgan fingerprint density at radius 2 is 1.90 bits per heavy atom. The third kappa shape index (κ3) is 3.73. The van der Waals surface area contributed by atoms with Gasteiger partial charge in [0.25, 0.3) is 0 Å². The molecule has 1 aromatic rings. The fraction of sp³-hybridized carbons (Fsp3) is 0.655. The van der Waals surface area contributed by atoms with Crippen LogP contribution in [0.3, 0.4) is 0 Å². The van der Waals surface area contributed by atoms with Crippen LogP contribution < -0.4 is 0 Å². The molecule has 39 heavy (non-hydrogen) atoms. The summed E-state index contributed by atoms with van der Waals surface area (Å²) in [5.74, 6) is -3.83. The van der Waals surface area contributed by atoms with Crippen molar-refractivity contribution < 1.29 is 38.2 Å². The normalized spacial score (nSPS) is 44.6. The van der Waals surface area contributed by atoms with Gasteiger partial charge in [-0.25, -0.2) is 4.79 Å². The summed E-state index contributed by atoms with van der Waals surface area (Å²) in [5, 5.41) is 11.9. The summed E-state index contributed by atoms with van der Waals surface area (Å²) in [6.45, 7) is 6.95. The van der Waals surface area contributed by atoms with E-state index in [-0.39, 0.29) is 36.2 Å². The van der Waals surface area contributed by atoms with Gasteiger partial charge in [0.15, 0.2) is 17.2 Å². The van der Waals surface area contributed by atoms with Crippen molar-refractivity contribution in [2.45, 2.75) is 76.1 Å². The first-order chi connectivity index (χ1) is 18.3. The third-order valence-electron chi connectivity index (χ3n) is 10.5. The first-order valence-corrected chi connectivity index (χ1v) is 14.3. The standard InChI is InChI=1S/C29H34Cl2O8/c1-15-10-18-19-12-22(38-16(2)32)20-11-17(33)7-8-26(20,3)28(19,31)23(34)13-27(18,4)29(15,24(35)14-30)39-25(36)21-6-5-9-37-21/h5-9,15,18-20,22-23,34H,10-14H2,1-4H3/t15-,18+,19+,20?,22?,23+,26+,27+,28+,29-/m1/s1. The number of ketones is 2. The molecule has 5 rings (SSSR count). The third-order valence-corrected chi connectivity index (χ3v) is 11.7. The fourth-order valence-corrected chi connectivity index (χ4v) is 9.59. The Balaban J connectivity index is 1.64. The number of allylic oxidation sites excluding steroid dienone is 2.